The monoisotopic (exact) mass is 176 g/mol. The number of piperidine rings is 1. The van der Waals surface area contributed by atoms with E-state index in [0.29, 0.717) is 6.04 Å². The summed E-state index contributed by atoms with van der Waals surface area (Å²) in [5.41, 5.74) is 0. The molecule has 2 fully saturated rings. The summed E-state index contributed by atoms with van der Waals surface area (Å²) in [6, 6.07) is 0.660. The van der Waals surface area contributed by atoms with Crippen LogP contribution in [0.2, 0.25) is 0 Å². The van der Waals surface area contributed by atoms with E-state index >= 15 is 0 Å². The summed E-state index contributed by atoms with van der Waals surface area (Å²) in [7, 11) is 2.02. The predicted molar refractivity (Wildman–Crippen MR) is 44.8 cm³/mol. The number of likely N-dealkylation sites (tertiary alicyclic amines) is 1. The molecule has 2 saturated heterocycles. The van der Waals surface area contributed by atoms with Crippen LogP contribution in [0.1, 0.15) is 12.8 Å². The minimum absolute atomic E-state index is 0. The number of halogens is 1. The maximum atomic E-state index is 11.1. The average Bonchev–Trinajstić information content (AvgIpc) is 2.21. The van der Waals surface area contributed by atoms with Crippen LogP contribution in [-0.4, -0.2) is 36.5 Å². The molecule has 0 radical (unpaired) electrons. The van der Waals surface area contributed by atoms with E-state index in [9.17, 15) is 4.79 Å². The third-order valence-electron chi connectivity index (χ3n) is 2.52. The molecular weight excluding hydrogens is 164 g/mol. The summed E-state index contributed by atoms with van der Waals surface area (Å²) in [5, 5.41) is 2.97. The van der Waals surface area contributed by atoms with Gasteiger partial charge in [-0.15, -0.1) is 12.4 Å². The van der Waals surface area contributed by atoms with Gasteiger partial charge in [0.2, 0.25) is 5.91 Å². The van der Waals surface area contributed by atoms with Crippen molar-refractivity contribution in [3.8, 4) is 0 Å². The molecule has 0 aromatic heterocycles. The minimum Gasteiger partial charge on any atom is -0.352 e. The van der Waals surface area contributed by atoms with Gasteiger partial charge in [-0.05, 0) is 19.9 Å². The van der Waals surface area contributed by atoms with Gasteiger partial charge in [-0.1, -0.05) is 0 Å². The molecule has 0 aromatic rings. The second kappa shape index (κ2) is 2.99. The zero-order valence-corrected chi connectivity index (χ0v) is 7.36. The van der Waals surface area contributed by atoms with Crippen molar-refractivity contribution < 1.29 is 4.79 Å². The highest BCUT2D eigenvalue weighted by molar-refractivity contribution is 5.85. The Bertz CT molecular complexity index is 174. The van der Waals surface area contributed by atoms with Gasteiger partial charge in [0.25, 0.3) is 0 Å². The highest BCUT2D eigenvalue weighted by Crippen LogP contribution is 2.21. The molecule has 3 nitrogen and oxygen atoms in total. The average molecular weight is 177 g/mol. The van der Waals surface area contributed by atoms with E-state index in [1.807, 2.05) is 7.05 Å². The molecule has 1 amide bonds. The van der Waals surface area contributed by atoms with Crippen LogP contribution < -0.4 is 5.32 Å². The fourth-order valence-corrected chi connectivity index (χ4v) is 1.82. The van der Waals surface area contributed by atoms with Crippen LogP contribution in [0.25, 0.3) is 0 Å². The Labute approximate surface area is 72.5 Å². The van der Waals surface area contributed by atoms with Crippen molar-refractivity contribution in [1.29, 1.82) is 0 Å². The number of nitrogens with zero attached hydrogens (tertiary/aromatic N) is 1. The van der Waals surface area contributed by atoms with Crippen LogP contribution in [0.5, 0.6) is 0 Å². The first-order valence-corrected chi connectivity index (χ1v) is 3.78. The maximum Gasteiger partial charge on any atom is 0.237 e. The van der Waals surface area contributed by atoms with Crippen LogP contribution in [0.15, 0.2) is 0 Å². The summed E-state index contributed by atoms with van der Waals surface area (Å²) >= 11 is 0. The molecule has 0 saturated carbocycles. The Balaban J connectivity index is 0.000000605. The zero-order chi connectivity index (χ0) is 7.14. The number of carbonyl (C=O) groups is 1. The third kappa shape index (κ3) is 1.35. The van der Waals surface area contributed by atoms with Gasteiger partial charge < -0.3 is 5.32 Å². The smallest absolute Gasteiger partial charge is 0.237 e. The lowest BCUT2D eigenvalue weighted by Gasteiger charge is -2.26. The fourth-order valence-electron chi connectivity index (χ4n) is 1.82. The number of fused-ring (bicyclic) bond motifs is 2. The second-order valence-electron chi connectivity index (χ2n) is 3.23. The van der Waals surface area contributed by atoms with Crippen molar-refractivity contribution in [2.75, 3.05) is 13.6 Å². The van der Waals surface area contributed by atoms with Crippen molar-refractivity contribution in [1.82, 2.24) is 10.2 Å². The minimum atomic E-state index is 0. The lowest BCUT2D eigenvalue weighted by molar-refractivity contribution is -0.122. The molecular formula is C7H13ClN2O. The van der Waals surface area contributed by atoms with Crippen LogP contribution in [0, 0.1) is 0 Å². The Morgan fingerprint density at radius 2 is 2.36 bits per heavy atom. The van der Waals surface area contributed by atoms with Gasteiger partial charge in [-0.3, -0.25) is 9.69 Å². The summed E-state index contributed by atoms with van der Waals surface area (Å²) in [6.45, 7) is 1.06. The Morgan fingerprint density at radius 3 is 3.00 bits per heavy atom. The molecule has 0 aliphatic carbocycles. The van der Waals surface area contributed by atoms with Crippen molar-refractivity contribution >= 4 is 18.3 Å². The van der Waals surface area contributed by atoms with Crippen molar-refractivity contribution in [3.05, 3.63) is 0 Å². The highest BCUT2D eigenvalue weighted by atomic mass is 35.5. The molecule has 2 unspecified atom stereocenters. The van der Waals surface area contributed by atoms with E-state index in [1.54, 1.807) is 0 Å². The molecule has 0 aromatic carbocycles. The molecule has 1 N–H and O–H groups in total. The SMILES string of the molecule is CN1CCC2CC1C(=O)N2.Cl. The van der Waals surface area contributed by atoms with Crippen molar-refractivity contribution in [2.45, 2.75) is 24.9 Å². The first-order valence-electron chi connectivity index (χ1n) is 3.78. The fraction of sp³-hybridized carbons (Fsp3) is 0.857. The van der Waals surface area contributed by atoms with E-state index in [2.05, 4.69) is 10.2 Å². The van der Waals surface area contributed by atoms with Gasteiger partial charge >= 0.3 is 0 Å². The van der Waals surface area contributed by atoms with Gasteiger partial charge in [0.15, 0.2) is 0 Å². The molecule has 0 spiro atoms. The molecule has 2 rings (SSSR count). The number of carbonyl (C=O) groups excluding carboxylic acids is 1. The van der Waals surface area contributed by atoms with Crippen LogP contribution in [-0.2, 0) is 4.79 Å². The molecule has 2 aliphatic rings. The Morgan fingerprint density at radius 1 is 1.64 bits per heavy atom. The summed E-state index contributed by atoms with van der Waals surface area (Å²) in [5.74, 6) is 0.227. The first kappa shape index (κ1) is 8.81. The van der Waals surface area contributed by atoms with Crippen LogP contribution in [0.4, 0.5) is 0 Å². The van der Waals surface area contributed by atoms with Crippen LogP contribution in [0.3, 0.4) is 0 Å². The molecule has 11 heavy (non-hydrogen) atoms. The third-order valence-corrected chi connectivity index (χ3v) is 2.52. The van der Waals surface area contributed by atoms with Crippen molar-refractivity contribution in [3.63, 3.8) is 0 Å². The Hall–Kier alpha value is -0.280. The maximum absolute atomic E-state index is 11.1. The summed E-state index contributed by atoms with van der Waals surface area (Å²) in [6.07, 6.45) is 2.15. The quantitative estimate of drug-likeness (QED) is 0.564. The standard InChI is InChI=1S/C7H12N2O.ClH/c1-9-3-2-5-4-6(9)7(10)8-5;/h5-6H,2-4H2,1H3,(H,8,10);1H. The second-order valence-corrected chi connectivity index (χ2v) is 3.23. The zero-order valence-electron chi connectivity index (χ0n) is 6.54. The van der Waals surface area contributed by atoms with Crippen molar-refractivity contribution in [2.24, 2.45) is 0 Å². The highest BCUT2D eigenvalue weighted by Gasteiger charge is 2.38. The van der Waals surface area contributed by atoms with E-state index in [4.69, 9.17) is 0 Å². The van der Waals surface area contributed by atoms with E-state index in [-0.39, 0.29) is 24.4 Å². The van der Waals surface area contributed by atoms with E-state index in [0.717, 1.165) is 19.4 Å². The molecule has 4 heteroatoms. The number of amides is 1. The van der Waals surface area contributed by atoms with Gasteiger partial charge in [0, 0.05) is 12.6 Å². The number of hydrogen-bond donors (Lipinski definition) is 1. The number of nitrogens with one attached hydrogen (secondary N) is 1. The van der Waals surface area contributed by atoms with Gasteiger partial charge in [0.05, 0.1) is 6.04 Å². The molecule has 2 atom stereocenters. The van der Waals surface area contributed by atoms with E-state index < -0.39 is 0 Å². The number of likely N-dealkylation sites (N-methyl/N-ethyl adjacent to an activating group) is 1. The lowest BCUT2D eigenvalue weighted by atomic mass is 10.0. The summed E-state index contributed by atoms with van der Waals surface area (Å²) < 4.78 is 0. The lowest BCUT2D eigenvalue weighted by Crippen LogP contribution is -2.38. The van der Waals surface area contributed by atoms with Crippen LogP contribution >= 0.6 is 12.4 Å². The largest absolute Gasteiger partial charge is 0.352 e. The Kier molecular flexibility index (Phi) is 2.40. The van der Waals surface area contributed by atoms with Gasteiger partial charge in [-0.25, -0.2) is 0 Å². The predicted octanol–water partition coefficient (Wildman–Crippen LogP) is 0.000800. The first-order chi connectivity index (χ1) is 4.77. The van der Waals surface area contributed by atoms with Gasteiger partial charge in [0.1, 0.15) is 0 Å². The topological polar surface area (TPSA) is 32.3 Å². The molecule has 2 bridgehead atoms. The molecule has 64 valence electrons. The molecule has 2 aliphatic heterocycles. The normalized spacial score (nSPS) is 36.3. The van der Waals surface area contributed by atoms with E-state index in [1.165, 1.54) is 0 Å². The van der Waals surface area contributed by atoms with Gasteiger partial charge in [-0.2, -0.15) is 0 Å². The number of hydrogen-bond acceptors (Lipinski definition) is 2. The number of rotatable bonds is 0. The molecule has 2 heterocycles. The summed E-state index contributed by atoms with van der Waals surface area (Å²) in [4.78, 5) is 13.3.